The number of thiazole rings is 1. The standard InChI is InChI=1S/C18H24ClFN4S2/c19-14-12-17(26-23-18-22-7-11-25-18)15(20)13-16(14)21-6-2-5-10-24-8-3-1-4-9-24/h7,11-13,21H,1-6,8-10H2,(H,22,23). The maximum absolute atomic E-state index is 14.3. The van der Waals surface area contributed by atoms with Gasteiger partial charge in [-0.05, 0) is 69.4 Å². The molecule has 1 aromatic carbocycles. The molecule has 0 radical (unpaired) electrons. The maximum atomic E-state index is 14.3. The van der Waals surface area contributed by atoms with Crippen LogP contribution in [0, 0.1) is 5.82 Å². The lowest BCUT2D eigenvalue weighted by atomic mass is 10.1. The summed E-state index contributed by atoms with van der Waals surface area (Å²) in [6.07, 6.45) is 7.93. The predicted molar refractivity (Wildman–Crippen MR) is 111 cm³/mol. The van der Waals surface area contributed by atoms with Crippen molar-refractivity contribution in [3.05, 3.63) is 34.5 Å². The largest absolute Gasteiger partial charge is 0.384 e. The fourth-order valence-electron chi connectivity index (χ4n) is 2.98. The average Bonchev–Trinajstić information content (AvgIpc) is 3.17. The number of aromatic nitrogens is 1. The number of anilines is 2. The summed E-state index contributed by atoms with van der Waals surface area (Å²) in [4.78, 5) is 7.11. The minimum atomic E-state index is -0.292. The maximum Gasteiger partial charge on any atom is 0.192 e. The van der Waals surface area contributed by atoms with Crippen LogP contribution in [0.5, 0.6) is 0 Å². The molecule has 8 heteroatoms. The van der Waals surface area contributed by atoms with Crippen LogP contribution in [0.25, 0.3) is 0 Å². The van der Waals surface area contributed by atoms with Crippen LogP contribution in [-0.2, 0) is 0 Å². The lowest BCUT2D eigenvalue weighted by Crippen LogP contribution is -2.30. The highest BCUT2D eigenvalue weighted by molar-refractivity contribution is 8.00. The van der Waals surface area contributed by atoms with Gasteiger partial charge >= 0.3 is 0 Å². The Balaban J connectivity index is 1.42. The quantitative estimate of drug-likeness (QED) is 0.405. The van der Waals surface area contributed by atoms with Crippen molar-refractivity contribution in [2.75, 3.05) is 36.2 Å². The summed E-state index contributed by atoms with van der Waals surface area (Å²) >= 11 is 8.95. The van der Waals surface area contributed by atoms with Gasteiger partial charge in [0, 0.05) is 18.1 Å². The number of likely N-dealkylation sites (tertiary alicyclic amines) is 1. The predicted octanol–water partition coefficient (Wildman–Crippen LogP) is 5.73. The number of unbranched alkanes of at least 4 members (excludes halogenated alkanes) is 1. The first-order valence-electron chi connectivity index (χ1n) is 9.00. The van der Waals surface area contributed by atoms with Crippen molar-refractivity contribution in [3.8, 4) is 0 Å². The molecule has 0 saturated carbocycles. The number of benzene rings is 1. The molecule has 1 aliphatic rings. The molecule has 0 bridgehead atoms. The Hall–Kier alpha value is -1.02. The molecule has 2 N–H and O–H groups in total. The summed E-state index contributed by atoms with van der Waals surface area (Å²) in [5, 5.41) is 6.39. The molecule has 0 atom stereocenters. The Kier molecular flexibility index (Phi) is 7.85. The van der Waals surface area contributed by atoms with Gasteiger partial charge in [0.05, 0.1) is 15.6 Å². The van der Waals surface area contributed by atoms with Gasteiger partial charge in [-0.2, -0.15) is 0 Å². The van der Waals surface area contributed by atoms with Gasteiger partial charge in [-0.25, -0.2) is 9.37 Å². The minimum absolute atomic E-state index is 0.292. The van der Waals surface area contributed by atoms with Crippen LogP contribution in [0.3, 0.4) is 0 Å². The van der Waals surface area contributed by atoms with E-state index in [9.17, 15) is 4.39 Å². The molecular formula is C18H24ClFN4S2. The van der Waals surface area contributed by atoms with E-state index in [2.05, 4.69) is 19.9 Å². The van der Waals surface area contributed by atoms with Gasteiger partial charge in [-0.15, -0.1) is 11.3 Å². The van der Waals surface area contributed by atoms with Crippen LogP contribution in [0.2, 0.25) is 5.02 Å². The second kappa shape index (κ2) is 10.3. The molecule has 3 rings (SSSR count). The first-order chi connectivity index (χ1) is 12.7. The number of nitrogens with one attached hydrogen (secondary N) is 2. The molecule has 0 spiro atoms. The zero-order valence-electron chi connectivity index (χ0n) is 14.6. The van der Waals surface area contributed by atoms with Crippen molar-refractivity contribution in [1.82, 2.24) is 9.88 Å². The van der Waals surface area contributed by atoms with Gasteiger partial charge in [0.15, 0.2) is 5.13 Å². The highest BCUT2D eigenvalue weighted by atomic mass is 35.5. The molecule has 1 saturated heterocycles. The van der Waals surface area contributed by atoms with Crippen LogP contribution in [0.4, 0.5) is 15.2 Å². The first kappa shape index (κ1) is 19.7. The Labute approximate surface area is 167 Å². The number of halogens is 2. The van der Waals surface area contributed by atoms with Gasteiger partial charge in [0.25, 0.3) is 0 Å². The molecule has 0 aliphatic carbocycles. The topological polar surface area (TPSA) is 40.2 Å². The van der Waals surface area contributed by atoms with E-state index in [0.717, 1.165) is 31.1 Å². The summed E-state index contributed by atoms with van der Waals surface area (Å²) in [7, 11) is 0. The molecule has 26 heavy (non-hydrogen) atoms. The summed E-state index contributed by atoms with van der Waals surface area (Å²) in [5.41, 5.74) is 0.653. The van der Waals surface area contributed by atoms with Crippen LogP contribution in [0.1, 0.15) is 32.1 Å². The number of rotatable bonds is 9. The van der Waals surface area contributed by atoms with E-state index in [1.54, 1.807) is 12.3 Å². The summed E-state index contributed by atoms with van der Waals surface area (Å²) < 4.78 is 17.3. The molecule has 4 nitrogen and oxygen atoms in total. The van der Waals surface area contributed by atoms with Gasteiger partial charge in [0.1, 0.15) is 5.82 Å². The van der Waals surface area contributed by atoms with Gasteiger partial charge in [-0.3, -0.25) is 0 Å². The first-order valence-corrected chi connectivity index (χ1v) is 11.1. The van der Waals surface area contributed by atoms with Crippen LogP contribution in [-0.4, -0.2) is 36.1 Å². The zero-order valence-corrected chi connectivity index (χ0v) is 17.0. The average molecular weight is 415 g/mol. The molecule has 2 aromatic rings. The number of nitrogens with zero attached hydrogens (tertiary/aromatic N) is 2. The number of hydrogen-bond acceptors (Lipinski definition) is 6. The molecule has 1 aliphatic heterocycles. The fraction of sp³-hybridized carbons (Fsp3) is 0.500. The van der Waals surface area contributed by atoms with Crippen LogP contribution >= 0.6 is 34.9 Å². The van der Waals surface area contributed by atoms with Crippen molar-refractivity contribution in [2.24, 2.45) is 0 Å². The van der Waals surface area contributed by atoms with E-state index in [1.807, 2.05) is 5.38 Å². The molecule has 2 heterocycles. The fourth-order valence-corrected chi connectivity index (χ4v) is 4.55. The van der Waals surface area contributed by atoms with Crippen molar-refractivity contribution in [2.45, 2.75) is 37.0 Å². The van der Waals surface area contributed by atoms with Crippen molar-refractivity contribution in [1.29, 1.82) is 0 Å². The molecular weight excluding hydrogens is 391 g/mol. The second-order valence-corrected chi connectivity index (χ2v) is 8.49. The van der Waals surface area contributed by atoms with Crippen LogP contribution < -0.4 is 10.0 Å². The van der Waals surface area contributed by atoms with Crippen molar-refractivity contribution in [3.63, 3.8) is 0 Å². The Morgan fingerprint density at radius 1 is 1.23 bits per heavy atom. The normalized spacial score (nSPS) is 15.2. The number of hydrogen-bond donors (Lipinski definition) is 2. The van der Waals surface area contributed by atoms with E-state index >= 15 is 0 Å². The van der Waals surface area contributed by atoms with Gasteiger partial charge in [-0.1, -0.05) is 18.0 Å². The lowest BCUT2D eigenvalue weighted by Gasteiger charge is -2.26. The monoisotopic (exact) mass is 414 g/mol. The van der Waals surface area contributed by atoms with E-state index in [1.165, 1.54) is 61.7 Å². The Morgan fingerprint density at radius 3 is 2.85 bits per heavy atom. The molecule has 1 fully saturated rings. The zero-order chi connectivity index (χ0) is 18.2. The summed E-state index contributed by atoms with van der Waals surface area (Å²) in [6.45, 7) is 4.43. The van der Waals surface area contributed by atoms with E-state index in [0.29, 0.717) is 15.6 Å². The van der Waals surface area contributed by atoms with E-state index in [4.69, 9.17) is 11.6 Å². The Bertz CT molecular complexity index is 678. The van der Waals surface area contributed by atoms with Crippen LogP contribution in [0.15, 0.2) is 28.6 Å². The van der Waals surface area contributed by atoms with Crippen molar-refractivity contribution >= 4 is 45.7 Å². The lowest BCUT2D eigenvalue weighted by molar-refractivity contribution is 0.225. The van der Waals surface area contributed by atoms with Gasteiger partial charge < -0.3 is 14.9 Å². The highest BCUT2D eigenvalue weighted by Gasteiger charge is 2.11. The van der Waals surface area contributed by atoms with E-state index < -0.39 is 0 Å². The number of piperidine rings is 1. The third-order valence-corrected chi connectivity index (χ3v) is 6.33. The molecule has 0 unspecified atom stereocenters. The minimum Gasteiger partial charge on any atom is -0.384 e. The van der Waals surface area contributed by atoms with Crippen molar-refractivity contribution < 1.29 is 4.39 Å². The second-order valence-electron chi connectivity index (χ2n) is 6.34. The smallest absolute Gasteiger partial charge is 0.192 e. The summed E-state index contributed by atoms with van der Waals surface area (Å²) in [5.74, 6) is -0.292. The molecule has 0 amide bonds. The van der Waals surface area contributed by atoms with Gasteiger partial charge in [0.2, 0.25) is 0 Å². The van der Waals surface area contributed by atoms with E-state index in [-0.39, 0.29) is 5.82 Å². The third kappa shape index (κ3) is 6.01. The molecule has 142 valence electrons. The highest BCUT2D eigenvalue weighted by Crippen LogP contribution is 2.32. The summed E-state index contributed by atoms with van der Waals surface area (Å²) in [6, 6.07) is 3.12. The molecule has 1 aromatic heterocycles. The Morgan fingerprint density at radius 2 is 2.08 bits per heavy atom. The third-order valence-electron chi connectivity index (χ3n) is 4.37. The SMILES string of the molecule is Fc1cc(NCCCCN2CCCCC2)c(Cl)cc1SNc1nccs1.